The Hall–Kier alpha value is -2.35. The average Bonchev–Trinajstić information content (AvgIpc) is 2.48. The van der Waals surface area contributed by atoms with Gasteiger partial charge in [-0.2, -0.15) is 0 Å². The van der Waals surface area contributed by atoms with Crippen LogP contribution in [0.5, 0.6) is 11.6 Å². The maximum absolute atomic E-state index is 5.81. The standard InChI is InChI=1S/C18H17NO/c1-13(2)14-7-10-16(11-8-14)20-18-12-9-15-5-3-4-6-17(15)19-18/h3-13H,1-2H3. The Balaban J connectivity index is 1.85. The zero-order valence-corrected chi connectivity index (χ0v) is 11.7. The van der Waals surface area contributed by atoms with Gasteiger partial charge in [0.25, 0.3) is 0 Å². The number of hydrogen-bond acceptors (Lipinski definition) is 2. The summed E-state index contributed by atoms with van der Waals surface area (Å²) in [6.07, 6.45) is 0. The Morgan fingerprint density at radius 3 is 2.35 bits per heavy atom. The van der Waals surface area contributed by atoms with Crippen LogP contribution in [-0.2, 0) is 0 Å². The molecule has 0 bridgehead atoms. The lowest BCUT2D eigenvalue weighted by Gasteiger charge is -2.08. The Kier molecular flexibility index (Phi) is 3.38. The van der Waals surface area contributed by atoms with Crippen LogP contribution in [0.15, 0.2) is 60.7 Å². The normalized spacial score (nSPS) is 10.9. The predicted molar refractivity (Wildman–Crippen MR) is 82.3 cm³/mol. The van der Waals surface area contributed by atoms with Crippen molar-refractivity contribution in [2.24, 2.45) is 0 Å². The minimum atomic E-state index is 0.530. The van der Waals surface area contributed by atoms with Crippen LogP contribution in [0.2, 0.25) is 0 Å². The second-order valence-corrected chi connectivity index (χ2v) is 5.17. The molecule has 100 valence electrons. The van der Waals surface area contributed by atoms with Crippen LogP contribution >= 0.6 is 0 Å². The fourth-order valence-electron chi connectivity index (χ4n) is 2.15. The molecule has 3 rings (SSSR count). The summed E-state index contributed by atoms with van der Waals surface area (Å²) in [4.78, 5) is 4.51. The van der Waals surface area contributed by atoms with E-state index in [0.717, 1.165) is 16.7 Å². The molecule has 0 aliphatic heterocycles. The van der Waals surface area contributed by atoms with Gasteiger partial charge in [-0.1, -0.05) is 44.2 Å². The summed E-state index contributed by atoms with van der Waals surface area (Å²) in [5.41, 5.74) is 2.26. The molecular weight excluding hydrogens is 246 g/mol. The topological polar surface area (TPSA) is 22.1 Å². The molecule has 0 aliphatic rings. The molecule has 2 heteroatoms. The first-order valence-corrected chi connectivity index (χ1v) is 6.86. The van der Waals surface area contributed by atoms with E-state index in [1.54, 1.807) is 0 Å². The maximum atomic E-state index is 5.81. The molecule has 0 spiro atoms. The molecule has 0 saturated heterocycles. The monoisotopic (exact) mass is 263 g/mol. The van der Waals surface area contributed by atoms with Crippen LogP contribution in [0.25, 0.3) is 10.9 Å². The number of para-hydroxylation sites is 1. The van der Waals surface area contributed by atoms with Crippen molar-refractivity contribution in [1.82, 2.24) is 4.98 Å². The Morgan fingerprint density at radius 2 is 1.60 bits per heavy atom. The van der Waals surface area contributed by atoms with Crippen molar-refractivity contribution < 1.29 is 4.74 Å². The second-order valence-electron chi connectivity index (χ2n) is 5.17. The van der Waals surface area contributed by atoms with Gasteiger partial charge >= 0.3 is 0 Å². The third-order valence-corrected chi connectivity index (χ3v) is 3.34. The number of ether oxygens (including phenoxy) is 1. The SMILES string of the molecule is CC(C)c1ccc(Oc2ccc3ccccc3n2)cc1. The summed E-state index contributed by atoms with van der Waals surface area (Å²) < 4.78 is 5.81. The highest BCUT2D eigenvalue weighted by molar-refractivity contribution is 5.78. The summed E-state index contributed by atoms with van der Waals surface area (Å²) in [6, 6.07) is 20.1. The molecule has 0 unspecified atom stereocenters. The first kappa shape index (κ1) is 12.7. The first-order chi connectivity index (χ1) is 9.72. The molecule has 0 aliphatic carbocycles. The summed E-state index contributed by atoms with van der Waals surface area (Å²) in [6.45, 7) is 4.36. The molecular formula is C18H17NO. The van der Waals surface area contributed by atoms with Gasteiger partial charge in [0.05, 0.1) is 5.52 Å². The van der Waals surface area contributed by atoms with Crippen LogP contribution in [0.4, 0.5) is 0 Å². The van der Waals surface area contributed by atoms with Gasteiger partial charge in [-0.15, -0.1) is 0 Å². The van der Waals surface area contributed by atoms with Crippen LogP contribution in [0.3, 0.4) is 0 Å². The van der Waals surface area contributed by atoms with Crippen molar-refractivity contribution in [1.29, 1.82) is 0 Å². The number of nitrogens with zero attached hydrogens (tertiary/aromatic N) is 1. The van der Waals surface area contributed by atoms with Gasteiger partial charge in [0.1, 0.15) is 5.75 Å². The average molecular weight is 263 g/mol. The van der Waals surface area contributed by atoms with Gasteiger partial charge in [0.15, 0.2) is 0 Å². The molecule has 2 nitrogen and oxygen atoms in total. The predicted octanol–water partition coefficient (Wildman–Crippen LogP) is 5.15. The molecule has 1 aromatic heterocycles. The van der Waals surface area contributed by atoms with E-state index in [0.29, 0.717) is 11.8 Å². The molecule has 0 radical (unpaired) electrons. The van der Waals surface area contributed by atoms with Crippen molar-refractivity contribution in [3.63, 3.8) is 0 Å². The van der Waals surface area contributed by atoms with E-state index >= 15 is 0 Å². The van der Waals surface area contributed by atoms with E-state index in [9.17, 15) is 0 Å². The van der Waals surface area contributed by atoms with Gasteiger partial charge in [0, 0.05) is 11.5 Å². The number of aromatic nitrogens is 1. The molecule has 0 fully saturated rings. The van der Waals surface area contributed by atoms with E-state index in [-0.39, 0.29) is 0 Å². The van der Waals surface area contributed by atoms with Crippen LogP contribution in [-0.4, -0.2) is 4.98 Å². The van der Waals surface area contributed by atoms with Gasteiger partial charge in [-0.05, 0) is 35.7 Å². The highest BCUT2D eigenvalue weighted by Gasteiger charge is 2.02. The van der Waals surface area contributed by atoms with Gasteiger partial charge < -0.3 is 4.74 Å². The fourth-order valence-corrected chi connectivity index (χ4v) is 2.15. The number of hydrogen-bond donors (Lipinski definition) is 0. The van der Waals surface area contributed by atoms with Crippen molar-refractivity contribution >= 4 is 10.9 Å². The minimum Gasteiger partial charge on any atom is -0.439 e. The smallest absolute Gasteiger partial charge is 0.219 e. The zero-order chi connectivity index (χ0) is 13.9. The molecule has 0 amide bonds. The fraction of sp³-hybridized carbons (Fsp3) is 0.167. The number of fused-ring (bicyclic) bond motifs is 1. The summed E-state index contributed by atoms with van der Waals surface area (Å²) in [5.74, 6) is 1.97. The lowest BCUT2D eigenvalue weighted by atomic mass is 10.0. The zero-order valence-electron chi connectivity index (χ0n) is 11.7. The number of benzene rings is 2. The summed E-state index contributed by atoms with van der Waals surface area (Å²) in [7, 11) is 0. The number of rotatable bonds is 3. The van der Waals surface area contributed by atoms with Crippen molar-refractivity contribution in [3.8, 4) is 11.6 Å². The third-order valence-electron chi connectivity index (χ3n) is 3.34. The molecule has 3 aromatic rings. The van der Waals surface area contributed by atoms with Crippen molar-refractivity contribution in [2.45, 2.75) is 19.8 Å². The van der Waals surface area contributed by atoms with Crippen molar-refractivity contribution in [3.05, 3.63) is 66.2 Å². The van der Waals surface area contributed by atoms with Crippen LogP contribution in [0, 0.1) is 0 Å². The Labute approximate surface area is 119 Å². The minimum absolute atomic E-state index is 0.530. The van der Waals surface area contributed by atoms with Crippen LogP contribution < -0.4 is 4.74 Å². The molecule has 1 heterocycles. The molecule has 0 atom stereocenters. The van der Waals surface area contributed by atoms with E-state index in [1.165, 1.54) is 5.56 Å². The van der Waals surface area contributed by atoms with Crippen molar-refractivity contribution in [2.75, 3.05) is 0 Å². The molecule has 0 N–H and O–H groups in total. The van der Waals surface area contributed by atoms with E-state index in [2.05, 4.69) is 31.0 Å². The van der Waals surface area contributed by atoms with Gasteiger partial charge in [-0.25, -0.2) is 4.98 Å². The van der Waals surface area contributed by atoms with Gasteiger partial charge in [0.2, 0.25) is 5.88 Å². The maximum Gasteiger partial charge on any atom is 0.219 e. The highest BCUT2D eigenvalue weighted by Crippen LogP contribution is 2.24. The summed E-state index contributed by atoms with van der Waals surface area (Å²) in [5, 5.41) is 1.12. The second kappa shape index (κ2) is 5.33. The first-order valence-electron chi connectivity index (χ1n) is 6.86. The highest BCUT2D eigenvalue weighted by atomic mass is 16.5. The van der Waals surface area contributed by atoms with Gasteiger partial charge in [-0.3, -0.25) is 0 Å². The van der Waals surface area contributed by atoms with E-state index in [1.807, 2.05) is 48.5 Å². The Bertz CT molecular complexity index is 717. The lowest BCUT2D eigenvalue weighted by Crippen LogP contribution is -1.90. The Morgan fingerprint density at radius 1 is 0.850 bits per heavy atom. The molecule has 20 heavy (non-hydrogen) atoms. The van der Waals surface area contributed by atoms with Crippen LogP contribution in [0.1, 0.15) is 25.3 Å². The van der Waals surface area contributed by atoms with E-state index in [4.69, 9.17) is 4.74 Å². The molecule has 0 saturated carbocycles. The summed E-state index contributed by atoms with van der Waals surface area (Å²) >= 11 is 0. The lowest BCUT2D eigenvalue weighted by molar-refractivity contribution is 0.465. The van der Waals surface area contributed by atoms with E-state index < -0.39 is 0 Å². The molecule has 2 aromatic carbocycles. The third kappa shape index (κ3) is 2.64. The quantitative estimate of drug-likeness (QED) is 0.652. The number of pyridine rings is 1. The largest absolute Gasteiger partial charge is 0.439 e.